The van der Waals surface area contributed by atoms with Crippen LogP contribution in [-0.2, 0) is 4.84 Å². The highest BCUT2D eigenvalue weighted by molar-refractivity contribution is 5.85. The average Bonchev–Trinajstić information content (AvgIpc) is 1.68. The molecule has 9 heavy (non-hydrogen) atoms. The minimum absolute atomic E-state index is 0. The molecular formula is C4H14Cl2N2O. The first-order valence-corrected chi connectivity index (χ1v) is 2.26. The molecule has 5 heteroatoms. The second kappa shape index (κ2) is 11.3. The topological polar surface area (TPSA) is 38.5 Å². The van der Waals surface area contributed by atoms with E-state index >= 15 is 0 Å². The Bertz CT molecular complexity index is 47.5. The predicted molar refractivity (Wildman–Crippen MR) is 43.2 cm³/mol. The van der Waals surface area contributed by atoms with Crippen LogP contribution in [0.1, 0.15) is 0 Å². The molecule has 0 radical (unpaired) electrons. The molecule has 0 aromatic carbocycles. The smallest absolute Gasteiger partial charge is 0.0575 e. The van der Waals surface area contributed by atoms with E-state index in [0.717, 1.165) is 6.54 Å². The Morgan fingerprint density at radius 1 is 1.44 bits per heavy atom. The van der Waals surface area contributed by atoms with E-state index in [9.17, 15) is 0 Å². The van der Waals surface area contributed by atoms with E-state index in [1.165, 1.54) is 0 Å². The molecule has 0 bridgehead atoms. The summed E-state index contributed by atoms with van der Waals surface area (Å²) in [5.41, 5.74) is 5.18. The minimum Gasteiger partial charge on any atom is -0.329 e. The van der Waals surface area contributed by atoms with Crippen molar-refractivity contribution in [3.8, 4) is 0 Å². The Morgan fingerprint density at radius 3 is 2.00 bits per heavy atom. The molecule has 3 nitrogen and oxygen atoms in total. The number of hydrogen-bond acceptors (Lipinski definition) is 3. The van der Waals surface area contributed by atoms with Crippen molar-refractivity contribution in [2.75, 3.05) is 27.2 Å². The van der Waals surface area contributed by atoms with E-state index in [1.54, 1.807) is 12.2 Å². The maximum absolute atomic E-state index is 5.18. The number of hydroxylamine groups is 2. The van der Waals surface area contributed by atoms with Crippen molar-refractivity contribution in [1.29, 1.82) is 0 Å². The fourth-order valence-electron chi connectivity index (χ4n) is 0.273. The number of likely N-dealkylation sites (N-methyl/N-ethyl adjacent to an activating group) is 1. The molecule has 60 valence electrons. The fourth-order valence-corrected chi connectivity index (χ4v) is 0.273. The highest BCUT2D eigenvalue weighted by Gasteiger charge is 1.87. The predicted octanol–water partition coefficient (Wildman–Crippen LogP) is 0.282. The molecule has 0 atom stereocenters. The van der Waals surface area contributed by atoms with Crippen LogP contribution in [0.3, 0.4) is 0 Å². The van der Waals surface area contributed by atoms with Gasteiger partial charge in [-0.1, -0.05) is 0 Å². The first-order chi connectivity index (χ1) is 3.31. The monoisotopic (exact) mass is 176 g/mol. The zero-order chi connectivity index (χ0) is 5.70. The Kier molecular flexibility index (Phi) is 20.3. The zero-order valence-electron chi connectivity index (χ0n) is 5.66. The van der Waals surface area contributed by atoms with Crippen molar-refractivity contribution in [2.24, 2.45) is 5.73 Å². The van der Waals surface area contributed by atoms with Crippen LogP contribution >= 0.6 is 24.8 Å². The second-order valence-corrected chi connectivity index (χ2v) is 1.32. The van der Waals surface area contributed by atoms with Gasteiger partial charge in [0.15, 0.2) is 0 Å². The van der Waals surface area contributed by atoms with Crippen LogP contribution in [-0.4, -0.2) is 32.3 Å². The van der Waals surface area contributed by atoms with Gasteiger partial charge in [0.05, 0.1) is 7.11 Å². The van der Waals surface area contributed by atoms with Gasteiger partial charge in [-0.05, 0) is 0 Å². The third-order valence-corrected chi connectivity index (χ3v) is 0.756. The summed E-state index contributed by atoms with van der Waals surface area (Å²) in [6.45, 7) is 1.43. The van der Waals surface area contributed by atoms with Crippen LogP contribution in [0.5, 0.6) is 0 Å². The van der Waals surface area contributed by atoms with Crippen LogP contribution in [0, 0.1) is 0 Å². The highest BCUT2D eigenvalue weighted by atomic mass is 35.5. The number of rotatable bonds is 3. The van der Waals surface area contributed by atoms with Crippen molar-refractivity contribution >= 4 is 24.8 Å². The molecule has 0 saturated carbocycles. The first kappa shape index (κ1) is 16.2. The van der Waals surface area contributed by atoms with Crippen molar-refractivity contribution in [1.82, 2.24) is 5.06 Å². The van der Waals surface area contributed by atoms with Crippen LogP contribution in [0.4, 0.5) is 0 Å². The minimum atomic E-state index is 0. The molecule has 0 amide bonds. The lowest BCUT2D eigenvalue weighted by Gasteiger charge is -2.09. The molecule has 2 N–H and O–H groups in total. The number of hydrogen-bond donors (Lipinski definition) is 1. The molecule has 0 rings (SSSR count). The summed E-state index contributed by atoms with van der Waals surface area (Å²) >= 11 is 0. The van der Waals surface area contributed by atoms with E-state index in [0.29, 0.717) is 6.54 Å². The highest BCUT2D eigenvalue weighted by Crippen LogP contribution is 1.74. The molecule has 0 aromatic rings. The summed E-state index contributed by atoms with van der Waals surface area (Å²) in [5.74, 6) is 0. The molecule has 0 unspecified atom stereocenters. The van der Waals surface area contributed by atoms with E-state index < -0.39 is 0 Å². The van der Waals surface area contributed by atoms with Crippen molar-refractivity contribution < 1.29 is 4.84 Å². The normalized spacial score (nSPS) is 8.00. The molecule has 0 aromatic heterocycles. The summed E-state index contributed by atoms with van der Waals surface area (Å²) in [5, 5.41) is 1.68. The number of halogens is 2. The molecular weight excluding hydrogens is 163 g/mol. The van der Waals surface area contributed by atoms with E-state index in [1.807, 2.05) is 7.05 Å². The van der Waals surface area contributed by atoms with Gasteiger partial charge in [-0.2, -0.15) is 5.06 Å². The SMILES string of the molecule is CON(C)CCN.Cl.Cl. The van der Waals surface area contributed by atoms with E-state index in [2.05, 4.69) is 0 Å². The van der Waals surface area contributed by atoms with Crippen molar-refractivity contribution in [3.05, 3.63) is 0 Å². The van der Waals surface area contributed by atoms with Gasteiger partial charge in [0.1, 0.15) is 0 Å². The van der Waals surface area contributed by atoms with Gasteiger partial charge in [0.2, 0.25) is 0 Å². The summed E-state index contributed by atoms with van der Waals surface area (Å²) in [4.78, 5) is 4.74. The lowest BCUT2D eigenvalue weighted by atomic mass is 10.7. The number of nitrogens with zero attached hydrogens (tertiary/aromatic N) is 1. The van der Waals surface area contributed by atoms with Gasteiger partial charge in [-0.3, -0.25) is 0 Å². The summed E-state index contributed by atoms with van der Waals surface area (Å²) in [6.07, 6.45) is 0. The van der Waals surface area contributed by atoms with Crippen molar-refractivity contribution in [3.63, 3.8) is 0 Å². The summed E-state index contributed by atoms with van der Waals surface area (Å²) < 4.78 is 0. The summed E-state index contributed by atoms with van der Waals surface area (Å²) in [7, 11) is 3.46. The quantitative estimate of drug-likeness (QED) is 0.629. The van der Waals surface area contributed by atoms with Gasteiger partial charge in [0, 0.05) is 20.1 Å². The van der Waals surface area contributed by atoms with E-state index in [-0.39, 0.29) is 24.8 Å². The fraction of sp³-hybridized carbons (Fsp3) is 1.00. The molecule has 0 aliphatic heterocycles. The second-order valence-electron chi connectivity index (χ2n) is 1.32. The van der Waals surface area contributed by atoms with Gasteiger partial charge >= 0.3 is 0 Å². The maximum Gasteiger partial charge on any atom is 0.0575 e. The lowest BCUT2D eigenvalue weighted by Crippen LogP contribution is -2.24. The Morgan fingerprint density at radius 2 is 1.89 bits per heavy atom. The molecule has 0 saturated heterocycles. The Hall–Kier alpha value is 0.460. The summed E-state index contributed by atoms with van der Waals surface area (Å²) in [6, 6.07) is 0. The molecule has 0 aliphatic carbocycles. The third kappa shape index (κ3) is 11.8. The van der Waals surface area contributed by atoms with Crippen LogP contribution in [0.25, 0.3) is 0 Å². The lowest BCUT2D eigenvalue weighted by molar-refractivity contribution is -0.106. The third-order valence-electron chi connectivity index (χ3n) is 0.756. The van der Waals surface area contributed by atoms with Crippen LogP contribution in [0.15, 0.2) is 0 Å². The zero-order valence-corrected chi connectivity index (χ0v) is 7.30. The van der Waals surface area contributed by atoms with E-state index in [4.69, 9.17) is 10.6 Å². The van der Waals surface area contributed by atoms with Crippen molar-refractivity contribution in [2.45, 2.75) is 0 Å². The first-order valence-electron chi connectivity index (χ1n) is 2.26. The van der Waals surface area contributed by atoms with Crippen LogP contribution < -0.4 is 5.73 Å². The average molecular weight is 177 g/mol. The standard InChI is InChI=1S/C4H12N2O.2ClH/c1-6(7-2)4-3-5;;/h3-5H2,1-2H3;2*1H. The van der Waals surface area contributed by atoms with Crippen LogP contribution in [0.2, 0.25) is 0 Å². The van der Waals surface area contributed by atoms with Gasteiger partial charge in [-0.15, -0.1) is 24.8 Å². The van der Waals surface area contributed by atoms with Gasteiger partial charge in [-0.25, -0.2) is 0 Å². The van der Waals surface area contributed by atoms with Gasteiger partial charge < -0.3 is 10.6 Å². The molecule has 0 fully saturated rings. The Balaban J connectivity index is -0.000000180. The number of nitrogens with two attached hydrogens (primary N) is 1. The van der Waals surface area contributed by atoms with Gasteiger partial charge in [0.25, 0.3) is 0 Å². The molecule has 0 heterocycles. The largest absolute Gasteiger partial charge is 0.329 e. The maximum atomic E-state index is 5.18. The Labute approximate surface area is 68.3 Å². The molecule has 0 aliphatic rings. The molecule has 0 spiro atoms.